The van der Waals surface area contributed by atoms with E-state index in [-0.39, 0.29) is 28.3 Å². The van der Waals surface area contributed by atoms with E-state index in [1.165, 1.54) is 0 Å². The number of halogens is 1. The van der Waals surface area contributed by atoms with Crippen molar-refractivity contribution in [1.82, 2.24) is 9.97 Å². The van der Waals surface area contributed by atoms with Crippen molar-refractivity contribution in [2.45, 2.75) is 29.4 Å². The predicted molar refractivity (Wildman–Crippen MR) is 128 cm³/mol. The fourth-order valence-electron chi connectivity index (χ4n) is 4.25. The lowest BCUT2D eigenvalue weighted by Crippen LogP contribution is -2.07. The van der Waals surface area contributed by atoms with E-state index in [9.17, 15) is 13.2 Å². The molecule has 4 aromatic rings. The lowest BCUT2D eigenvalue weighted by Gasteiger charge is -2.07. The molecule has 1 aliphatic carbocycles. The molecule has 33 heavy (non-hydrogen) atoms. The Morgan fingerprint density at radius 2 is 1.79 bits per heavy atom. The van der Waals surface area contributed by atoms with Crippen molar-refractivity contribution in [2.24, 2.45) is 5.92 Å². The van der Waals surface area contributed by atoms with E-state index in [2.05, 4.69) is 9.97 Å². The average molecular weight is 477 g/mol. The Balaban J connectivity index is 1.25. The number of fused-ring (bicyclic) bond motifs is 1. The molecule has 2 aromatic carbocycles. The maximum atomic E-state index is 12.9. The molecule has 5 nitrogen and oxygen atoms in total. The van der Waals surface area contributed by atoms with Gasteiger partial charge < -0.3 is 0 Å². The van der Waals surface area contributed by atoms with Crippen LogP contribution in [-0.2, 0) is 26.8 Å². The van der Waals surface area contributed by atoms with Crippen molar-refractivity contribution < 1.29 is 13.2 Å². The Labute approximate surface area is 197 Å². The Bertz CT molecular complexity index is 1440. The van der Waals surface area contributed by atoms with Crippen molar-refractivity contribution in [3.8, 4) is 0 Å². The molecule has 2 atom stereocenters. The van der Waals surface area contributed by atoms with E-state index in [4.69, 9.17) is 11.6 Å². The molecule has 0 saturated heterocycles. The fraction of sp³-hybridized carbons (Fsp3) is 0.192. The number of Topliss-reactive ketones (excluding diaryl/α,β-unsaturated/α-hetero) is 1. The average Bonchev–Trinajstić information content (AvgIpc) is 3.61. The third kappa shape index (κ3) is 4.68. The molecule has 2 heterocycles. The summed E-state index contributed by atoms with van der Waals surface area (Å²) in [4.78, 5) is 21.2. The minimum absolute atomic E-state index is 0.0357. The molecule has 1 aliphatic rings. The van der Waals surface area contributed by atoms with Gasteiger partial charge >= 0.3 is 0 Å². The van der Waals surface area contributed by atoms with Gasteiger partial charge in [0.05, 0.1) is 15.7 Å². The zero-order valence-electron chi connectivity index (χ0n) is 17.7. The number of carbonyl (C=O) groups excluding carboxylic acids is 1. The third-order valence-corrected chi connectivity index (χ3v) is 8.11. The predicted octanol–water partition coefficient (Wildman–Crippen LogP) is 5.17. The second-order valence-electron chi connectivity index (χ2n) is 8.46. The van der Waals surface area contributed by atoms with Crippen LogP contribution in [0.25, 0.3) is 10.8 Å². The molecular weight excluding hydrogens is 456 g/mol. The van der Waals surface area contributed by atoms with Crippen LogP contribution >= 0.6 is 11.6 Å². The molecule has 166 valence electrons. The van der Waals surface area contributed by atoms with Gasteiger partial charge in [-0.15, -0.1) is 0 Å². The van der Waals surface area contributed by atoms with Crippen molar-refractivity contribution >= 4 is 38.0 Å². The van der Waals surface area contributed by atoms with E-state index in [0.717, 1.165) is 28.3 Å². The van der Waals surface area contributed by atoms with Crippen LogP contribution in [-0.4, -0.2) is 24.2 Å². The van der Waals surface area contributed by atoms with Crippen LogP contribution in [0.2, 0.25) is 5.02 Å². The van der Waals surface area contributed by atoms with Gasteiger partial charge in [-0.1, -0.05) is 41.9 Å². The van der Waals surface area contributed by atoms with Gasteiger partial charge in [0.25, 0.3) is 0 Å². The first-order chi connectivity index (χ1) is 15.9. The highest BCUT2D eigenvalue weighted by Gasteiger charge is 2.43. The number of aromatic nitrogens is 2. The zero-order valence-corrected chi connectivity index (χ0v) is 19.3. The summed E-state index contributed by atoms with van der Waals surface area (Å²) >= 11 is 6.24. The molecular formula is C26H21ClN2O3S. The van der Waals surface area contributed by atoms with Crippen molar-refractivity contribution in [1.29, 1.82) is 0 Å². The van der Waals surface area contributed by atoms with E-state index < -0.39 is 9.84 Å². The Hall–Kier alpha value is -3.09. The highest BCUT2D eigenvalue weighted by Crippen LogP contribution is 2.48. The molecule has 0 N–H and O–H groups in total. The standard InChI is InChI=1S/C26H21ClN2O3S/c27-25-15-29-14-20-4-3-17(10-23(20)25)11-26(30)24-12-22(24)19-5-7-21(8-6-19)33(31,32)16-18-2-1-9-28-13-18/h1-10,13-15,22,24H,11-12,16H2/t22?,24-/m1/s1. The minimum Gasteiger partial charge on any atom is -0.299 e. The van der Waals surface area contributed by atoms with Crippen molar-refractivity contribution in [3.63, 3.8) is 0 Å². The number of carbonyl (C=O) groups is 1. The summed E-state index contributed by atoms with van der Waals surface area (Å²) < 4.78 is 25.4. The largest absolute Gasteiger partial charge is 0.299 e. The summed E-state index contributed by atoms with van der Waals surface area (Å²) in [5.74, 6) is 0.210. The Morgan fingerprint density at radius 1 is 0.970 bits per heavy atom. The maximum absolute atomic E-state index is 12.9. The Kier molecular flexibility index (Phi) is 5.72. The normalized spacial score (nSPS) is 17.7. The van der Waals surface area contributed by atoms with Gasteiger partial charge in [0, 0.05) is 47.9 Å². The Morgan fingerprint density at radius 3 is 2.55 bits per heavy atom. The van der Waals surface area contributed by atoms with E-state index >= 15 is 0 Å². The second kappa shape index (κ2) is 8.69. The minimum atomic E-state index is -3.45. The van der Waals surface area contributed by atoms with Crippen LogP contribution < -0.4 is 0 Å². The highest BCUT2D eigenvalue weighted by atomic mass is 35.5. The molecule has 0 bridgehead atoms. The summed E-state index contributed by atoms with van der Waals surface area (Å²) in [6, 6.07) is 16.2. The van der Waals surface area contributed by atoms with Crippen molar-refractivity contribution in [2.75, 3.05) is 0 Å². The van der Waals surface area contributed by atoms with Crippen LogP contribution in [0.1, 0.15) is 29.0 Å². The van der Waals surface area contributed by atoms with Crippen LogP contribution in [0.4, 0.5) is 0 Å². The van der Waals surface area contributed by atoms with Gasteiger partial charge in [-0.2, -0.15) is 0 Å². The van der Waals surface area contributed by atoms with E-state index in [1.807, 2.05) is 30.3 Å². The lowest BCUT2D eigenvalue weighted by molar-refractivity contribution is -0.119. The van der Waals surface area contributed by atoms with Crippen LogP contribution in [0.15, 0.2) is 84.3 Å². The molecule has 0 radical (unpaired) electrons. The number of rotatable bonds is 7. The highest BCUT2D eigenvalue weighted by molar-refractivity contribution is 7.90. The maximum Gasteiger partial charge on any atom is 0.182 e. The van der Waals surface area contributed by atoms with Gasteiger partial charge in [0.1, 0.15) is 5.78 Å². The van der Waals surface area contributed by atoms with Gasteiger partial charge in [0.2, 0.25) is 0 Å². The lowest BCUT2D eigenvalue weighted by atomic mass is 10.0. The molecule has 7 heteroatoms. The third-order valence-electron chi connectivity index (χ3n) is 6.11. The first-order valence-corrected chi connectivity index (χ1v) is 12.7. The quantitative estimate of drug-likeness (QED) is 0.367. The summed E-state index contributed by atoms with van der Waals surface area (Å²) in [7, 11) is -3.45. The van der Waals surface area contributed by atoms with E-state index in [0.29, 0.717) is 17.0 Å². The summed E-state index contributed by atoms with van der Waals surface area (Å²) in [6.07, 6.45) is 7.68. The first-order valence-electron chi connectivity index (χ1n) is 10.7. The number of hydrogen-bond acceptors (Lipinski definition) is 5. The summed E-state index contributed by atoms with van der Waals surface area (Å²) in [6.45, 7) is 0. The monoisotopic (exact) mass is 476 g/mol. The summed E-state index contributed by atoms with van der Waals surface area (Å²) in [5, 5.41) is 2.42. The number of hydrogen-bond donors (Lipinski definition) is 0. The van der Waals surface area contributed by atoms with Crippen LogP contribution in [0, 0.1) is 5.92 Å². The van der Waals surface area contributed by atoms with Gasteiger partial charge in [-0.25, -0.2) is 8.42 Å². The number of sulfone groups is 1. The SMILES string of the molecule is O=C(Cc1ccc2cncc(Cl)c2c1)[C@@H]1CC1c1ccc(S(=O)(=O)Cc2cccnc2)cc1. The molecule has 0 aliphatic heterocycles. The van der Waals surface area contributed by atoms with Crippen molar-refractivity contribution in [3.05, 3.63) is 101 Å². The molecule has 2 aromatic heterocycles. The zero-order chi connectivity index (χ0) is 23.0. The van der Waals surface area contributed by atoms with Gasteiger partial charge in [-0.3, -0.25) is 14.8 Å². The smallest absolute Gasteiger partial charge is 0.182 e. The number of pyridine rings is 2. The van der Waals surface area contributed by atoms with E-state index in [1.54, 1.807) is 49.1 Å². The number of benzene rings is 2. The topological polar surface area (TPSA) is 77.0 Å². The van der Waals surface area contributed by atoms with Crippen LogP contribution in [0.5, 0.6) is 0 Å². The summed E-state index contributed by atoms with van der Waals surface area (Å²) in [5.41, 5.74) is 2.59. The fourth-order valence-corrected chi connectivity index (χ4v) is 5.79. The number of nitrogens with zero attached hydrogens (tertiary/aromatic N) is 2. The van der Waals surface area contributed by atoms with Gasteiger partial charge in [-0.05, 0) is 53.3 Å². The first kappa shape index (κ1) is 21.7. The molecule has 1 saturated carbocycles. The molecule has 5 rings (SSSR count). The molecule has 0 amide bonds. The molecule has 1 unspecified atom stereocenters. The van der Waals surface area contributed by atoms with Gasteiger partial charge in [0.15, 0.2) is 9.84 Å². The second-order valence-corrected chi connectivity index (χ2v) is 10.9. The number of ketones is 1. The molecule has 1 fully saturated rings. The molecule has 0 spiro atoms. The van der Waals surface area contributed by atoms with Crippen LogP contribution in [0.3, 0.4) is 0 Å².